The van der Waals surface area contributed by atoms with E-state index in [4.69, 9.17) is 0 Å². The first kappa shape index (κ1) is 27.5. The molecule has 0 bridgehead atoms. The first-order valence-corrected chi connectivity index (χ1v) is 13.7. The average Bonchev–Trinajstić information content (AvgIpc) is 2.94. The highest BCUT2D eigenvalue weighted by molar-refractivity contribution is 9.10. The molecule has 0 aromatic heterocycles. The van der Waals surface area contributed by atoms with Gasteiger partial charge in [0.25, 0.3) is 11.8 Å². The van der Waals surface area contributed by atoms with E-state index < -0.39 is 11.8 Å². The Kier molecular flexibility index (Phi) is 9.62. The van der Waals surface area contributed by atoms with Crippen LogP contribution >= 0.6 is 31.9 Å². The van der Waals surface area contributed by atoms with Crippen LogP contribution < -0.4 is 10.6 Å². The van der Waals surface area contributed by atoms with Crippen LogP contribution in [0.3, 0.4) is 0 Å². The number of halogens is 2. The minimum absolute atomic E-state index is 0.0912. The van der Waals surface area contributed by atoms with E-state index in [1.807, 2.05) is 72.8 Å². The van der Waals surface area contributed by atoms with Crippen molar-refractivity contribution in [1.82, 2.24) is 10.6 Å². The van der Waals surface area contributed by atoms with E-state index in [1.54, 1.807) is 36.4 Å². The molecule has 0 aliphatic rings. The van der Waals surface area contributed by atoms with Gasteiger partial charge in [0.15, 0.2) is 5.78 Å². The van der Waals surface area contributed by atoms with Crippen LogP contribution in [0, 0.1) is 0 Å². The number of rotatable bonds is 10. The van der Waals surface area contributed by atoms with Gasteiger partial charge in [-0.05, 0) is 47.5 Å². The molecule has 5 nitrogen and oxygen atoms in total. The molecule has 0 heterocycles. The molecule has 2 unspecified atom stereocenters. The number of benzene rings is 4. The van der Waals surface area contributed by atoms with Crippen molar-refractivity contribution in [2.45, 2.75) is 11.8 Å². The highest BCUT2D eigenvalue weighted by Gasteiger charge is 2.30. The molecule has 0 fully saturated rings. The number of amides is 2. The van der Waals surface area contributed by atoms with Crippen molar-refractivity contribution in [3.63, 3.8) is 0 Å². The van der Waals surface area contributed by atoms with E-state index >= 15 is 0 Å². The van der Waals surface area contributed by atoms with Gasteiger partial charge in [0.1, 0.15) is 0 Å². The molecule has 2 atom stereocenters. The Hall–Kier alpha value is -3.55. The maximum atomic E-state index is 14.1. The molecule has 7 heteroatoms. The fraction of sp³-hybridized carbons (Fsp3) is 0.129. The second kappa shape index (κ2) is 13.3. The third kappa shape index (κ3) is 7.27. The number of carbonyl (C=O) groups is 3. The molecule has 192 valence electrons. The predicted octanol–water partition coefficient (Wildman–Crippen LogP) is 6.51. The van der Waals surface area contributed by atoms with Crippen molar-refractivity contribution in [1.29, 1.82) is 0 Å². The Labute approximate surface area is 238 Å². The van der Waals surface area contributed by atoms with E-state index in [0.717, 1.165) is 20.1 Å². The van der Waals surface area contributed by atoms with Gasteiger partial charge < -0.3 is 10.6 Å². The monoisotopic (exact) mass is 632 g/mol. The first-order chi connectivity index (χ1) is 18.4. The summed E-state index contributed by atoms with van der Waals surface area (Å²) in [7, 11) is 0. The lowest BCUT2D eigenvalue weighted by Gasteiger charge is -2.24. The molecule has 0 saturated heterocycles. The van der Waals surface area contributed by atoms with Crippen molar-refractivity contribution >= 4 is 49.5 Å². The summed E-state index contributed by atoms with van der Waals surface area (Å²) in [6, 6.07) is 33.0. The largest absolute Gasteiger partial charge is 0.351 e. The summed E-state index contributed by atoms with van der Waals surface area (Å²) in [5, 5.41) is 5.87. The number of nitrogens with one attached hydrogen (secondary N) is 2. The van der Waals surface area contributed by atoms with E-state index in [2.05, 4.69) is 42.5 Å². The molecule has 4 rings (SSSR count). The Morgan fingerprint density at radius 3 is 1.32 bits per heavy atom. The molecular formula is C31H26Br2N2O3. The van der Waals surface area contributed by atoms with Crippen molar-refractivity contribution in [2.24, 2.45) is 0 Å². The average molecular weight is 634 g/mol. The van der Waals surface area contributed by atoms with Gasteiger partial charge in [-0.15, -0.1) is 0 Å². The Morgan fingerprint density at radius 1 is 0.553 bits per heavy atom. The molecule has 4 aromatic carbocycles. The molecule has 0 aliphatic carbocycles. The van der Waals surface area contributed by atoms with Crippen LogP contribution in [0.15, 0.2) is 118 Å². The van der Waals surface area contributed by atoms with Crippen molar-refractivity contribution in [2.75, 3.05) is 13.1 Å². The summed E-state index contributed by atoms with van der Waals surface area (Å²) < 4.78 is 1.59. The van der Waals surface area contributed by atoms with Gasteiger partial charge in [-0.1, -0.05) is 105 Å². The lowest BCUT2D eigenvalue weighted by Crippen LogP contribution is -2.38. The molecule has 2 amide bonds. The zero-order valence-corrected chi connectivity index (χ0v) is 23.6. The molecule has 0 spiro atoms. The van der Waals surface area contributed by atoms with Crippen LogP contribution in [0.2, 0.25) is 0 Å². The maximum Gasteiger partial charge on any atom is 0.251 e. The number of carbonyl (C=O) groups excluding carboxylic acids is 3. The van der Waals surface area contributed by atoms with Crippen LogP contribution in [0.4, 0.5) is 0 Å². The zero-order valence-electron chi connectivity index (χ0n) is 20.4. The summed E-state index contributed by atoms with van der Waals surface area (Å²) in [4.78, 5) is 39.9. The standard InChI is InChI=1S/C31H26Br2N2O3/c32-25-15-7-13-23(17-25)30(37)34-19-27(21-9-3-1-4-10-21)29(36)28(22-11-5-2-6-12-22)20-35-31(38)24-14-8-16-26(33)18-24/h1-18,27-28H,19-20H2,(H,34,37)(H,35,38). The summed E-state index contributed by atoms with van der Waals surface area (Å²) in [5.74, 6) is -1.84. The van der Waals surface area contributed by atoms with Gasteiger partial charge in [-0.25, -0.2) is 0 Å². The van der Waals surface area contributed by atoms with E-state index in [9.17, 15) is 14.4 Å². The molecule has 0 radical (unpaired) electrons. The molecule has 4 aromatic rings. The van der Waals surface area contributed by atoms with Gasteiger partial charge in [0.05, 0.1) is 11.8 Å². The van der Waals surface area contributed by atoms with Gasteiger partial charge in [0.2, 0.25) is 0 Å². The second-order valence-electron chi connectivity index (χ2n) is 8.77. The van der Waals surface area contributed by atoms with Crippen molar-refractivity contribution in [3.05, 3.63) is 140 Å². The zero-order chi connectivity index (χ0) is 26.9. The minimum atomic E-state index is -0.611. The Bertz CT molecular complexity index is 1300. The highest BCUT2D eigenvalue weighted by atomic mass is 79.9. The number of ketones is 1. The van der Waals surface area contributed by atoms with Crippen molar-refractivity contribution < 1.29 is 14.4 Å². The Balaban J connectivity index is 1.58. The summed E-state index contributed by atoms with van der Waals surface area (Å²) in [5.41, 5.74) is 2.59. The molecular weight excluding hydrogens is 608 g/mol. The van der Waals surface area contributed by atoms with E-state index in [1.165, 1.54) is 0 Å². The summed E-state index contributed by atoms with van der Waals surface area (Å²) in [6.07, 6.45) is 0. The fourth-order valence-electron chi connectivity index (χ4n) is 4.23. The predicted molar refractivity (Wildman–Crippen MR) is 156 cm³/mol. The first-order valence-electron chi connectivity index (χ1n) is 12.1. The van der Waals surface area contributed by atoms with Crippen molar-refractivity contribution in [3.8, 4) is 0 Å². The highest BCUT2D eigenvalue weighted by Crippen LogP contribution is 2.27. The number of hydrogen-bond acceptors (Lipinski definition) is 3. The van der Waals surface area contributed by atoms with Gasteiger partial charge in [0, 0.05) is 33.2 Å². The Morgan fingerprint density at radius 2 is 0.947 bits per heavy atom. The van der Waals surface area contributed by atoms with Crippen LogP contribution in [0.25, 0.3) is 0 Å². The normalized spacial score (nSPS) is 12.3. The molecule has 0 saturated carbocycles. The number of Topliss-reactive ketones (excluding diaryl/α,β-unsaturated/α-hetero) is 1. The minimum Gasteiger partial charge on any atom is -0.351 e. The maximum absolute atomic E-state index is 14.1. The van der Waals surface area contributed by atoms with Crippen LogP contribution in [-0.2, 0) is 4.79 Å². The lowest BCUT2D eigenvalue weighted by molar-refractivity contribution is -0.121. The van der Waals surface area contributed by atoms with E-state index in [-0.39, 0.29) is 30.7 Å². The SMILES string of the molecule is O=C(NCC(C(=O)C(CNC(=O)c1cccc(Br)c1)c1ccccc1)c1ccccc1)c1cccc(Br)c1. The third-order valence-corrected chi connectivity index (χ3v) is 7.18. The smallest absolute Gasteiger partial charge is 0.251 e. The lowest BCUT2D eigenvalue weighted by atomic mass is 9.83. The molecule has 2 N–H and O–H groups in total. The molecule has 0 aliphatic heterocycles. The summed E-state index contributed by atoms with van der Waals surface area (Å²) in [6.45, 7) is 0.244. The number of hydrogen-bond donors (Lipinski definition) is 2. The van der Waals surface area contributed by atoms with Gasteiger partial charge in [-0.2, -0.15) is 0 Å². The van der Waals surface area contributed by atoms with Crippen LogP contribution in [0.5, 0.6) is 0 Å². The van der Waals surface area contributed by atoms with Gasteiger partial charge >= 0.3 is 0 Å². The van der Waals surface area contributed by atoms with E-state index in [0.29, 0.717) is 11.1 Å². The molecule has 38 heavy (non-hydrogen) atoms. The second-order valence-corrected chi connectivity index (χ2v) is 10.6. The quantitative estimate of drug-likeness (QED) is 0.209. The van der Waals surface area contributed by atoms with Crippen LogP contribution in [0.1, 0.15) is 43.7 Å². The summed E-state index contributed by atoms with van der Waals surface area (Å²) >= 11 is 6.79. The fourth-order valence-corrected chi connectivity index (χ4v) is 5.03. The topological polar surface area (TPSA) is 75.3 Å². The van der Waals surface area contributed by atoms with Crippen LogP contribution in [-0.4, -0.2) is 30.7 Å². The third-order valence-electron chi connectivity index (χ3n) is 6.20. The van der Waals surface area contributed by atoms with Gasteiger partial charge in [-0.3, -0.25) is 14.4 Å².